The number of amides is 1. The van der Waals surface area contributed by atoms with Crippen LogP contribution in [0.25, 0.3) is 0 Å². The molecule has 0 saturated carbocycles. The molecule has 3 N–H and O–H groups in total. The number of hydrogen-bond acceptors (Lipinski definition) is 3. The molecule has 4 heteroatoms. The molecule has 2 unspecified atom stereocenters. The van der Waals surface area contributed by atoms with Crippen LogP contribution < -0.4 is 5.32 Å². The van der Waals surface area contributed by atoms with Crippen molar-refractivity contribution in [2.24, 2.45) is 0 Å². The fourth-order valence-electron chi connectivity index (χ4n) is 12.5. The topological polar surface area (TPSA) is 69.6 Å². The van der Waals surface area contributed by atoms with Crippen molar-refractivity contribution in [3.05, 3.63) is 12.2 Å². The Morgan fingerprint density at radius 1 is 0.287 bits per heavy atom. The van der Waals surface area contributed by atoms with E-state index in [0.717, 1.165) is 25.7 Å². The quantitative estimate of drug-likeness (QED) is 0.0420. The van der Waals surface area contributed by atoms with Gasteiger partial charge in [-0.15, -0.1) is 0 Å². The SMILES string of the molecule is CCCCCCCCCCCCCCCCCCCCCCCCCCCCCCCCC/C=C/C(O)C(CO)NC(=O)CCCCCCCCCCCCCCCCCCCCCCCCCCCCCCCCCCCCC. The average molecular weight is 1130 g/mol. The Hall–Kier alpha value is -0.870. The molecule has 0 spiro atoms. The minimum atomic E-state index is -0.838. The number of carbonyl (C=O) groups excluding carboxylic acids is 1. The number of aliphatic hydroxyl groups is 2. The maximum absolute atomic E-state index is 12.6. The summed E-state index contributed by atoms with van der Waals surface area (Å²) in [5.41, 5.74) is 0. The second-order valence-electron chi connectivity index (χ2n) is 26.4. The normalized spacial score (nSPS) is 12.6. The van der Waals surface area contributed by atoms with Crippen LogP contribution in [0.1, 0.15) is 450 Å². The van der Waals surface area contributed by atoms with Gasteiger partial charge in [0.05, 0.1) is 18.8 Å². The third-order valence-electron chi connectivity index (χ3n) is 18.3. The van der Waals surface area contributed by atoms with Crippen molar-refractivity contribution in [1.29, 1.82) is 0 Å². The van der Waals surface area contributed by atoms with Crippen molar-refractivity contribution in [3.8, 4) is 0 Å². The van der Waals surface area contributed by atoms with Crippen molar-refractivity contribution in [2.75, 3.05) is 6.61 Å². The van der Waals surface area contributed by atoms with E-state index in [9.17, 15) is 15.0 Å². The summed E-state index contributed by atoms with van der Waals surface area (Å²) >= 11 is 0. The van der Waals surface area contributed by atoms with Crippen LogP contribution in [0, 0.1) is 0 Å². The van der Waals surface area contributed by atoms with Gasteiger partial charge in [-0.3, -0.25) is 4.79 Å². The van der Waals surface area contributed by atoms with E-state index in [4.69, 9.17) is 0 Å². The molecule has 0 aliphatic carbocycles. The van der Waals surface area contributed by atoms with Crippen LogP contribution >= 0.6 is 0 Å². The van der Waals surface area contributed by atoms with Crippen molar-refractivity contribution in [1.82, 2.24) is 5.32 Å². The van der Waals surface area contributed by atoms with Crippen molar-refractivity contribution >= 4 is 5.91 Å². The predicted molar refractivity (Wildman–Crippen MR) is 359 cm³/mol. The lowest BCUT2D eigenvalue weighted by molar-refractivity contribution is -0.123. The van der Waals surface area contributed by atoms with Crippen LogP contribution in [0.3, 0.4) is 0 Å². The molecule has 0 fully saturated rings. The lowest BCUT2D eigenvalue weighted by atomic mass is 10.0. The summed E-state index contributed by atoms with van der Waals surface area (Å²) in [6.45, 7) is 4.37. The van der Waals surface area contributed by atoms with Crippen LogP contribution in [-0.4, -0.2) is 34.9 Å². The smallest absolute Gasteiger partial charge is 0.220 e. The Labute approximate surface area is 505 Å². The van der Waals surface area contributed by atoms with Gasteiger partial charge in [-0.2, -0.15) is 0 Å². The molecule has 0 saturated heterocycles. The maximum atomic E-state index is 12.6. The first-order chi connectivity index (χ1) is 39.7. The first kappa shape index (κ1) is 79.1. The molecular weight excluding hydrogens is 975 g/mol. The van der Waals surface area contributed by atoms with E-state index in [-0.39, 0.29) is 12.5 Å². The molecule has 80 heavy (non-hydrogen) atoms. The van der Waals surface area contributed by atoms with E-state index in [2.05, 4.69) is 19.2 Å². The monoisotopic (exact) mass is 1130 g/mol. The van der Waals surface area contributed by atoms with Crippen LogP contribution in [0.15, 0.2) is 12.2 Å². The van der Waals surface area contributed by atoms with Crippen LogP contribution in [0.5, 0.6) is 0 Å². The molecule has 0 heterocycles. The molecule has 0 aromatic carbocycles. The van der Waals surface area contributed by atoms with E-state index in [1.165, 1.54) is 405 Å². The Balaban J connectivity index is 3.37. The summed E-state index contributed by atoms with van der Waals surface area (Å²) in [5, 5.41) is 23.3. The fraction of sp³-hybridized carbons (Fsp3) is 0.961. The summed E-state index contributed by atoms with van der Waals surface area (Å²) < 4.78 is 0. The van der Waals surface area contributed by atoms with Crippen molar-refractivity contribution in [2.45, 2.75) is 463 Å². The number of allylic oxidation sites excluding steroid dienone is 1. The standard InChI is InChI=1S/C76H151NO3/c1-3-5-7-9-11-13-15-17-19-21-23-25-27-29-31-33-35-37-38-40-42-44-46-48-50-52-54-56-58-60-62-64-66-68-70-72-76(80)77-74(73-78)75(79)71-69-67-65-63-61-59-57-55-53-51-49-47-45-43-41-39-36-34-32-30-28-26-24-22-20-18-16-14-12-10-8-6-4-2/h69,71,74-75,78-79H,3-68,70,72-73H2,1-2H3,(H,77,80)/b71-69+. The molecule has 0 bridgehead atoms. The van der Waals surface area contributed by atoms with Gasteiger partial charge in [0.2, 0.25) is 5.91 Å². The van der Waals surface area contributed by atoms with E-state index in [1.807, 2.05) is 6.08 Å². The summed E-state index contributed by atoms with van der Waals surface area (Å²) in [4.78, 5) is 12.6. The summed E-state index contributed by atoms with van der Waals surface area (Å²) in [6.07, 6.45) is 97.7. The highest BCUT2D eigenvalue weighted by molar-refractivity contribution is 5.76. The Bertz CT molecular complexity index is 1140. The number of hydrogen-bond donors (Lipinski definition) is 3. The molecule has 0 aliphatic rings. The first-order valence-electron chi connectivity index (χ1n) is 37.9. The third-order valence-corrected chi connectivity index (χ3v) is 18.3. The van der Waals surface area contributed by atoms with Gasteiger partial charge in [-0.25, -0.2) is 0 Å². The van der Waals surface area contributed by atoms with Crippen molar-refractivity contribution in [3.63, 3.8) is 0 Å². The fourth-order valence-corrected chi connectivity index (χ4v) is 12.5. The van der Waals surface area contributed by atoms with Crippen LogP contribution in [0.2, 0.25) is 0 Å². The van der Waals surface area contributed by atoms with Gasteiger partial charge in [0.1, 0.15) is 0 Å². The zero-order valence-electron chi connectivity index (χ0n) is 55.4. The second kappa shape index (κ2) is 72.4. The van der Waals surface area contributed by atoms with Gasteiger partial charge in [0.25, 0.3) is 0 Å². The number of nitrogens with one attached hydrogen (secondary N) is 1. The number of unbranched alkanes of at least 4 members (excludes halogenated alkanes) is 65. The van der Waals surface area contributed by atoms with E-state index in [0.29, 0.717) is 6.42 Å². The summed E-state index contributed by atoms with van der Waals surface area (Å²) in [7, 11) is 0. The molecule has 0 radical (unpaired) electrons. The van der Waals surface area contributed by atoms with Crippen LogP contribution in [-0.2, 0) is 4.79 Å². The highest BCUT2D eigenvalue weighted by Crippen LogP contribution is 2.20. The molecule has 2 atom stereocenters. The molecular formula is C76H151NO3. The first-order valence-corrected chi connectivity index (χ1v) is 37.9. The molecule has 0 aromatic heterocycles. The minimum absolute atomic E-state index is 0.0521. The number of carbonyl (C=O) groups is 1. The molecule has 0 rings (SSSR count). The number of rotatable bonds is 72. The molecule has 478 valence electrons. The van der Waals surface area contributed by atoms with Gasteiger partial charge in [-0.1, -0.05) is 437 Å². The lowest BCUT2D eigenvalue weighted by Gasteiger charge is -2.20. The van der Waals surface area contributed by atoms with Gasteiger partial charge in [0.15, 0.2) is 0 Å². The van der Waals surface area contributed by atoms with E-state index in [1.54, 1.807) is 6.08 Å². The predicted octanol–water partition coefficient (Wildman–Crippen LogP) is 25.9. The molecule has 1 amide bonds. The minimum Gasteiger partial charge on any atom is -0.394 e. The Morgan fingerprint density at radius 3 is 0.650 bits per heavy atom. The van der Waals surface area contributed by atoms with E-state index >= 15 is 0 Å². The molecule has 4 nitrogen and oxygen atoms in total. The van der Waals surface area contributed by atoms with E-state index < -0.39 is 12.1 Å². The Morgan fingerprint density at radius 2 is 0.463 bits per heavy atom. The third kappa shape index (κ3) is 67.9. The van der Waals surface area contributed by atoms with Gasteiger partial charge in [0, 0.05) is 6.42 Å². The van der Waals surface area contributed by atoms with Crippen LogP contribution in [0.4, 0.5) is 0 Å². The summed E-state index contributed by atoms with van der Waals surface area (Å²) in [6, 6.07) is -0.620. The maximum Gasteiger partial charge on any atom is 0.220 e. The van der Waals surface area contributed by atoms with Crippen molar-refractivity contribution < 1.29 is 15.0 Å². The molecule has 0 aromatic rings. The van der Waals surface area contributed by atoms with Gasteiger partial charge < -0.3 is 15.5 Å². The zero-order valence-corrected chi connectivity index (χ0v) is 55.4. The highest BCUT2D eigenvalue weighted by atomic mass is 16.3. The average Bonchev–Trinajstić information content (AvgIpc) is 3.46. The largest absolute Gasteiger partial charge is 0.394 e. The second-order valence-corrected chi connectivity index (χ2v) is 26.4. The number of aliphatic hydroxyl groups excluding tert-OH is 2. The highest BCUT2D eigenvalue weighted by Gasteiger charge is 2.18. The Kier molecular flexibility index (Phi) is 71.6. The molecule has 0 aliphatic heterocycles. The lowest BCUT2D eigenvalue weighted by Crippen LogP contribution is -2.45. The van der Waals surface area contributed by atoms with Gasteiger partial charge >= 0.3 is 0 Å². The summed E-state index contributed by atoms with van der Waals surface area (Å²) in [5.74, 6) is -0.0521. The van der Waals surface area contributed by atoms with Gasteiger partial charge in [-0.05, 0) is 19.3 Å². The zero-order chi connectivity index (χ0) is 57.6.